The second kappa shape index (κ2) is 4.87. The van der Waals surface area contributed by atoms with Gasteiger partial charge in [-0.15, -0.1) is 0 Å². The summed E-state index contributed by atoms with van der Waals surface area (Å²) >= 11 is 0. The minimum atomic E-state index is -0.551. The molecular formula is C8H16N2O2. The largest absolute Gasteiger partial charge is 0.394 e. The highest BCUT2D eigenvalue weighted by Crippen LogP contribution is 2.07. The summed E-state index contributed by atoms with van der Waals surface area (Å²) in [5, 5.41) is 8.62. The summed E-state index contributed by atoms with van der Waals surface area (Å²) in [7, 11) is 1.65. The third kappa shape index (κ3) is 2.04. The molecule has 1 aliphatic rings. The standard InChI is InChI=1S/C6H10N2O2.C2H6/c1-4-7-5(3-9)6(10)8(4)2;1-2/h5,9H,3H2,1-2H3;1-2H3. The predicted octanol–water partition coefficient (Wildman–Crippen LogP) is 0.264. The molecule has 0 aromatic rings. The maximum atomic E-state index is 11.0. The van der Waals surface area contributed by atoms with Gasteiger partial charge in [0.25, 0.3) is 5.91 Å². The number of aliphatic hydroxyl groups is 1. The Bertz CT molecular complexity index is 189. The van der Waals surface area contributed by atoms with Gasteiger partial charge in [0.15, 0.2) is 6.04 Å². The first kappa shape index (κ1) is 11.1. The normalized spacial score (nSPS) is 21.8. The van der Waals surface area contributed by atoms with E-state index in [1.54, 1.807) is 14.0 Å². The van der Waals surface area contributed by atoms with E-state index in [0.29, 0.717) is 5.84 Å². The summed E-state index contributed by atoms with van der Waals surface area (Å²) in [6.45, 7) is 5.55. The number of rotatable bonds is 1. The Balaban J connectivity index is 0.000000561. The van der Waals surface area contributed by atoms with E-state index in [4.69, 9.17) is 5.11 Å². The average molecular weight is 172 g/mol. The fourth-order valence-corrected chi connectivity index (χ4v) is 0.869. The molecule has 0 saturated heterocycles. The zero-order chi connectivity index (χ0) is 9.72. The van der Waals surface area contributed by atoms with Gasteiger partial charge in [0, 0.05) is 7.05 Å². The molecule has 1 amide bonds. The summed E-state index contributed by atoms with van der Waals surface area (Å²) in [4.78, 5) is 16.4. The summed E-state index contributed by atoms with van der Waals surface area (Å²) in [5.41, 5.74) is 0. The Kier molecular flexibility index (Phi) is 4.51. The molecule has 0 aromatic heterocycles. The molecular weight excluding hydrogens is 156 g/mol. The van der Waals surface area contributed by atoms with Crippen LogP contribution in [0.1, 0.15) is 20.8 Å². The third-order valence-electron chi connectivity index (χ3n) is 1.62. The second-order valence-electron chi connectivity index (χ2n) is 2.27. The molecule has 70 valence electrons. The van der Waals surface area contributed by atoms with Crippen molar-refractivity contribution in [1.29, 1.82) is 0 Å². The molecule has 4 heteroatoms. The van der Waals surface area contributed by atoms with Crippen molar-refractivity contribution in [2.45, 2.75) is 26.8 Å². The Morgan fingerprint density at radius 1 is 1.58 bits per heavy atom. The minimum absolute atomic E-state index is 0.125. The van der Waals surface area contributed by atoms with Crippen LogP contribution in [0.25, 0.3) is 0 Å². The molecule has 1 N–H and O–H groups in total. The number of likely N-dealkylation sites (N-methyl/N-ethyl adjacent to an activating group) is 1. The van der Waals surface area contributed by atoms with Gasteiger partial charge in [-0.05, 0) is 6.92 Å². The molecule has 0 fully saturated rings. The van der Waals surface area contributed by atoms with Gasteiger partial charge < -0.3 is 10.0 Å². The van der Waals surface area contributed by atoms with Crippen molar-refractivity contribution in [2.75, 3.05) is 13.7 Å². The van der Waals surface area contributed by atoms with Crippen molar-refractivity contribution in [1.82, 2.24) is 4.90 Å². The van der Waals surface area contributed by atoms with Gasteiger partial charge in [0.2, 0.25) is 0 Å². The molecule has 12 heavy (non-hydrogen) atoms. The molecule has 0 radical (unpaired) electrons. The smallest absolute Gasteiger partial charge is 0.254 e. The molecule has 1 aliphatic heterocycles. The lowest BCUT2D eigenvalue weighted by Crippen LogP contribution is -2.31. The molecule has 1 rings (SSSR count). The number of hydrogen-bond acceptors (Lipinski definition) is 3. The van der Waals surface area contributed by atoms with Crippen molar-refractivity contribution >= 4 is 11.7 Å². The molecule has 0 bridgehead atoms. The van der Waals surface area contributed by atoms with E-state index in [2.05, 4.69) is 4.99 Å². The van der Waals surface area contributed by atoms with Crippen LogP contribution in [0.3, 0.4) is 0 Å². The van der Waals surface area contributed by atoms with Gasteiger partial charge in [-0.25, -0.2) is 0 Å². The Labute approximate surface area is 72.9 Å². The average Bonchev–Trinajstić information content (AvgIpc) is 2.36. The molecule has 4 nitrogen and oxygen atoms in total. The van der Waals surface area contributed by atoms with Crippen LogP contribution in [0.5, 0.6) is 0 Å². The highest BCUT2D eigenvalue weighted by molar-refractivity contribution is 6.04. The van der Waals surface area contributed by atoms with Crippen LogP contribution >= 0.6 is 0 Å². The van der Waals surface area contributed by atoms with Gasteiger partial charge in [-0.1, -0.05) is 13.8 Å². The van der Waals surface area contributed by atoms with E-state index < -0.39 is 6.04 Å². The molecule has 1 atom stereocenters. The van der Waals surface area contributed by atoms with Crippen LogP contribution in [-0.2, 0) is 4.79 Å². The van der Waals surface area contributed by atoms with E-state index in [0.717, 1.165) is 0 Å². The molecule has 0 spiro atoms. The number of amides is 1. The summed E-state index contributed by atoms with van der Waals surface area (Å²) in [5.74, 6) is 0.545. The van der Waals surface area contributed by atoms with Gasteiger partial charge in [0.05, 0.1) is 6.61 Å². The maximum Gasteiger partial charge on any atom is 0.254 e. The number of carbonyl (C=O) groups is 1. The number of hydrogen-bond donors (Lipinski definition) is 1. The van der Waals surface area contributed by atoms with Crippen LogP contribution in [0.2, 0.25) is 0 Å². The van der Waals surface area contributed by atoms with Gasteiger partial charge in [-0.2, -0.15) is 0 Å². The minimum Gasteiger partial charge on any atom is -0.394 e. The number of aliphatic hydroxyl groups excluding tert-OH is 1. The zero-order valence-corrected chi connectivity index (χ0v) is 8.03. The van der Waals surface area contributed by atoms with Crippen LogP contribution in [-0.4, -0.2) is 41.4 Å². The fraction of sp³-hybridized carbons (Fsp3) is 0.750. The summed E-state index contributed by atoms with van der Waals surface area (Å²) in [6.07, 6.45) is 0. The van der Waals surface area contributed by atoms with Crippen molar-refractivity contribution in [3.8, 4) is 0 Å². The Morgan fingerprint density at radius 3 is 2.25 bits per heavy atom. The highest BCUT2D eigenvalue weighted by atomic mass is 16.3. The molecule has 1 unspecified atom stereocenters. The van der Waals surface area contributed by atoms with Gasteiger partial charge in [0.1, 0.15) is 5.84 Å². The topological polar surface area (TPSA) is 52.9 Å². The van der Waals surface area contributed by atoms with Crippen LogP contribution < -0.4 is 0 Å². The quantitative estimate of drug-likeness (QED) is 0.617. The van der Waals surface area contributed by atoms with Crippen LogP contribution in [0.15, 0.2) is 4.99 Å². The molecule has 0 aromatic carbocycles. The Morgan fingerprint density at radius 2 is 2.08 bits per heavy atom. The van der Waals surface area contributed by atoms with E-state index in [-0.39, 0.29) is 12.5 Å². The first-order valence-corrected chi connectivity index (χ1v) is 4.09. The zero-order valence-electron chi connectivity index (χ0n) is 8.03. The van der Waals surface area contributed by atoms with Gasteiger partial charge >= 0.3 is 0 Å². The molecule has 1 heterocycles. The molecule has 0 aliphatic carbocycles. The van der Waals surface area contributed by atoms with Crippen LogP contribution in [0.4, 0.5) is 0 Å². The van der Waals surface area contributed by atoms with Crippen molar-refractivity contribution < 1.29 is 9.90 Å². The Hall–Kier alpha value is -0.900. The van der Waals surface area contributed by atoms with Gasteiger partial charge in [-0.3, -0.25) is 9.79 Å². The summed E-state index contributed by atoms with van der Waals surface area (Å²) < 4.78 is 0. The van der Waals surface area contributed by atoms with Crippen LogP contribution in [0, 0.1) is 0 Å². The number of nitrogens with zero attached hydrogens (tertiary/aromatic N) is 2. The summed E-state index contributed by atoms with van der Waals surface area (Å²) in [6, 6.07) is -0.551. The van der Waals surface area contributed by atoms with Crippen molar-refractivity contribution in [2.24, 2.45) is 4.99 Å². The fourth-order valence-electron chi connectivity index (χ4n) is 0.869. The molecule has 0 saturated carbocycles. The van der Waals surface area contributed by atoms with E-state index in [9.17, 15) is 4.79 Å². The number of carbonyl (C=O) groups excluding carboxylic acids is 1. The monoisotopic (exact) mass is 172 g/mol. The van der Waals surface area contributed by atoms with Crippen molar-refractivity contribution in [3.05, 3.63) is 0 Å². The SMILES string of the molecule is CC.CC1=NC(CO)C(=O)N1C. The lowest BCUT2D eigenvalue weighted by atomic mass is 10.3. The predicted molar refractivity (Wildman–Crippen MR) is 48.1 cm³/mol. The second-order valence-corrected chi connectivity index (χ2v) is 2.27. The van der Waals surface area contributed by atoms with E-state index in [1.807, 2.05) is 13.8 Å². The lowest BCUT2D eigenvalue weighted by molar-refractivity contribution is -0.127. The van der Waals surface area contributed by atoms with E-state index in [1.165, 1.54) is 4.90 Å². The lowest BCUT2D eigenvalue weighted by Gasteiger charge is -2.07. The first-order valence-electron chi connectivity index (χ1n) is 4.09. The third-order valence-corrected chi connectivity index (χ3v) is 1.62. The maximum absolute atomic E-state index is 11.0. The van der Waals surface area contributed by atoms with E-state index >= 15 is 0 Å². The first-order chi connectivity index (χ1) is 5.66. The number of amidine groups is 1. The highest BCUT2D eigenvalue weighted by Gasteiger charge is 2.28. The number of aliphatic imine (C=N–C) groups is 1. The van der Waals surface area contributed by atoms with Crippen molar-refractivity contribution in [3.63, 3.8) is 0 Å².